The molecule has 2 aliphatic rings. The number of allylic oxidation sites excluding steroid dienone is 2. The smallest absolute Gasteiger partial charge is 0.205 e. The molecule has 0 amide bonds. The van der Waals surface area contributed by atoms with Crippen molar-refractivity contribution < 1.29 is 4.79 Å². The lowest BCUT2D eigenvalue weighted by Crippen LogP contribution is -2.34. The van der Waals surface area contributed by atoms with Crippen LogP contribution < -0.4 is 0 Å². The summed E-state index contributed by atoms with van der Waals surface area (Å²) >= 11 is 0. The van der Waals surface area contributed by atoms with Gasteiger partial charge in [0.2, 0.25) is 5.78 Å². The molecule has 22 heavy (non-hydrogen) atoms. The maximum Gasteiger partial charge on any atom is 0.205 e. The van der Waals surface area contributed by atoms with E-state index >= 15 is 0 Å². The van der Waals surface area contributed by atoms with Gasteiger partial charge in [0.1, 0.15) is 11.6 Å². The van der Waals surface area contributed by atoms with Crippen molar-refractivity contribution >= 4 is 5.78 Å². The Bertz CT molecular complexity index is 606. The molecule has 1 saturated carbocycles. The molecule has 1 aromatic carbocycles. The topological polar surface area (TPSA) is 44.1 Å². The summed E-state index contributed by atoms with van der Waals surface area (Å²) in [6, 6.07) is 11.9. The number of nitrogens with zero attached hydrogens (tertiary/aromatic N) is 2. The van der Waals surface area contributed by atoms with E-state index < -0.39 is 0 Å². The maximum atomic E-state index is 12.7. The highest BCUT2D eigenvalue weighted by Crippen LogP contribution is 2.33. The molecule has 0 unspecified atom stereocenters. The van der Waals surface area contributed by atoms with E-state index in [1.807, 2.05) is 18.2 Å². The molecule has 0 atom stereocenters. The third-order valence-corrected chi connectivity index (χ3v) is 4.84. The second kappa shape index (κ2) is 6.79. The predicted molar refractivity (Wildman–Crippen MR) is 86.2 cm³/mol. The molecule has 114 valence electrons. The van der Waals surface area contributed by atoms with E-state index in [-0.39, 0.29) is 5.78 Å². The number of rotatable bonds is 3. The van der Waals surface area contributed by atoms with Gasteiger partial charge in [-0.1, -0.05) is 49.6 Å². The Morgan fingerprint density at radius 2 is 1.82 bits per heavy atom. The van der Waals surface area contributed by atoms with Gasteiger partial charge in [-0.05, 0) is 25.7 Å². The SMILES string of the molecule is N#C/C(C(=O)c1ccccc1)=C1/CCCN1C1CCCCC1. The minimum Gasteiger partial charge on any atom is -0.371 e. The second-order valence-corrected chi connectivity index (χ2v) is 6.22. The van der Waals surface area contributed by atoms with E-state index in [0.717, 1.165) is 25.1 Å². The number of nitriles is 1. The van der Waals surface area contributed by atoms with Crippen LogP contribution in [0.4, 0.5) is 0 Å². The Morgan fingerprint density at radius 3 is 2.50 bits per heavy atom. The van der Waals surface area contributed by atoms with Gasteiger partial charge < -0.3 is 4.90 Å². The van der Waals surface area contributed by atoms with Crippen molar-refractivity contribution in [1.82, 2.24) is 4.90 Å². The molecule has 1 aliphatic heterocycles. The zero-order valence-electron chi connectivity index (χ0n) is 12.9. The number of likely N-dealkylation sites (tertiary alicyclic amines) is 1. The van der Waals surface area contributed by atoms with Crippen LogP contribution in [0.2, 0.25) is 0 Å². The Balaban J connectivity index is 1.90. The van der Waals surface area contributed by atoms with Gasteiger partial charge in [-0.15, -0.1) is 0 Å². The average Bonchev–Trinajstić information content (AvgIpc) is 3.06. The highest BCUT2D eigenvalue weighted by Gasteiger charge is 2.30. The third kappa shape index (κ3) is 2.92. The summed E-state index contributed by atoms with van der Waals surface area (Å²) in [4.78, 5) is 15.0. The lowest BCUT2D eigenvalue weighted by Gasteiger charge is -2.34. The van der Waals surface area contributed by atoms with E-state index in [4.69, 9.17) is 0 Å². The first-order valence-electron chi connectivity index (χ1n) is 8.31. The molecule has 1 saturated heterocycles. The van der Waals surface area contributed by atoms with E-state index in [1.54, 1.807) is 12.1 Å². The maximum absolute atomic E-state index is 12.7. The van der Waals surface area contributed by atoms with Crippen LogP contribution in [0.15, 0.2) is 41.6 Å². The monoisotopic (exact) mass is 294 g/mol. The zero-order valence-corrected chi connectivity index (χ0v) is 12.9. The molecule has 3 rings (SSSR count). The third-order valence-electron chi connectivity index (χ3n) is 4.84. The van der Waals surface area contributed by atoms with Gasteiger partial charge in [-0.2, -0.15) is 5.26 Å². The highest BCUT2D eigenvalue weighted by molar-refractivity contribution is 6.11. The predicted octanol–water partition coefficient (Wildman–Crippen LogP) is 4.08. The molecule has 3 heteroatoms. The van der Waals surface area contributed by atoms with Crippen molar-refractivity contribution in [3.63, 3.8) is 0 Å². The van der Waals surface area contributed by atoms with Gasteiger partial charge in [-0.25, -0.2) is 0 Å². The van der Waals surface area contributed by atoms with Gasteiger partial charge >= 0.3 is 0 Å². The number of carbonyl (C=O) groups excluding carboxylic acids is 1. The molecule has 0 spiro atoms. The fourth-order valence-corrected chi connectivity index (χ4v) is 3.74. The Morgan fingerprint density at radius 1 is 1.09 bits per heavy atom. The first-order chi connectivity index (χ1) is 10.8. The Hall–Kier alpha value is -2.08. The molecular formula is C19H22N2O. The van der Waals surface area contributed by atoms with Crippen molar-refractivity contribution in [1.29, 1.82) is 5.26 Å². The minimum absolute atomic E-state index is 0.124. The number of hydrogen-bond donors (Lipinski definition) is 0. The molecule has 2 fully saturated rings. The van der Waals surface area contributed by atoms with Gasteiger partial charge in [0, 0.05) is 23.8 Å². The fraction of sp³-hybridized carbons (Fsp3) is 0.474. The lowest BCUT2D eigenvalue weighted by molar-refractivity contribution is 0.103. The normalized spacial score (nSPS) is 21.5. The molecule has 0 bridgehead atoms. The fourth-order valence-electron chi connectivity index (χ4n) is 3.74. The van der Waals surface area contributed by atoms with Crippen molar-refractivity contribution in [2.45, 2.75) is 51.0 Å². The van der Waals surface area contributed by atoms with Gasteiger partial charge in [0.25, 0.3) is 0 Å². The summed E-state index contributed by atoms with van der Waals surface area (Å²) < 4.78 is 0. The lowest BCUT2D eigenvalue weighted by atomic mass is 9.93. The molecule has 1 heterocycles. The van der Waals surface area contributed by atoms with E-state index in [1.165, 1.54) is 32.1 Å². The van der Waals surface area contributed by atoms with Crippen molar-refractivity contribution in [3.8, 4) is 6.07 Å². The summed E-state index contributed by atoms with van der Waals surface area (Å²) in [5, 5.41) is 9.58. The molecule has 1 aliphatic carbocycles. The minimum atomic E-state index is -0.124. The van der Waals surface area contributed by atoms with Crippen molar-refractivity contribution in [2.24, 2.45) is 0 Å². The molecule has 1 aromatic rings. The van der Waals surface area contributed by atoms with Crippen LogP contribution in [-0.2, 0) is 0 Å². The van der Waals surface area contributed by atoms with Crippen molar-refractivity contribution in [2.75, 3.05) is 6.54 Å². The summed E-state index contributed by atoms with van der Waals surface area (Å²) in [6.07, 6.45) is 8.16. The van der Waals surface area contributed by atoms with Crippen LogP contribution in [-0.4, -0.2) is 23.3 Å². The van der Waals surface area contributed by atoms with Crippen LogP contribution in [0.25, 0.3) is 0 Å². The van der Waals surface area contributed by atoms with Gasteiger partial charge in [-0.3, -0.25) is 4.79 Å². The van der Waals surface area contributed by atoms with Crippen LogP contribution in [0.5, 0.6) is 0 Å². The van der Waals surface area contributed by atoms with Crippen molar-refractivity contribution in [3.05, 3.63) is 47.2 Å². The molecule has 0 N–H and O–H groups in total. The molecular weight excluding hydrogens is 272 g/mol. The van der Waals surface area contributed by atoms with E-state index in [0.29, 0.717) is 17.2 Å². The highest BCUT2D eigenvalue weighted by atomic mass is 16.1. The van der Waals surface area contributed by atoms with Crippen LogP contribution >= 0.6 is 0 Å². The first-order valence-corrected chi connectivity index (χ1v) is 8.31. The van der Waals surface area contributed by atoms with Crippen LogP contribution in [0, 0.1) is 11.3 Å². The summed E-state index contributed by atoms with van der Waals surface area (Å²) in [6.45, 7) is 0.993. The summed E-state index contributed by atoms with van der Waals surface area (Å²) in [7, 11) is 0. The first kappa shape index (κ1) is 14.8. The number of hydrogen-bond acceptors (Lipinski definition) is 3. The largest absolute Gasteiger partial charge is 0.371 e. The van der Waals surface area contributed by atoms with Crippen LogP contribution in [0.1, 0.15) is 55.3 Å². The number of ketones is 1. The van der Waals surface area contributed by atoms with Gasteiger partial charge in [0.15, 0.2) is 0 Å². The van der Waals surface area contributed by atoms with E-state index in [2.05, 4.69) is 11.0 Å². The molecule has 3 nitrogen and oxygen atoms in total. The standard InChI is InChI=1S/C19H22N2O/c20-14-17(19(22)15-8-3-1-4-9-15)18-12-7-13-21(18)16-10-5-2-6-11-16/h1,3-4,8-9,16H,2,5-7,10-13H2/b18-17+. The number of Topliss-reactive ketones (excluding diaryl/α,β-unsaturated/α-hetero) is 1. The zero-order chi connectivity index (χ0) is 15.4. The number of benzene rings is 1. The summed E-state index contributed by atoms with van der Waals surface area (Å²) in [5.41, 5.74) is 1.96. The molecule has 0 radical (unpaired) electrons. The second-order valence-electron chi connectivity index (χ2n) is 6.22. The summed E-state index contributed by atoms with van der Waals surface area (Å²) in [5.74, 6) is -0.124. The quantitative estimate of drug-likeness (QED) is 0.479. The van der Waals surface area contributed by atoms with Crippen LogP contribution in [0.3, 0.4) is 0 Å². The Kier molecular flexibility index (Phi) is 4.58. The van der Waals surface area contributed by atoms with E-state index in [9.17, 15) is 10.1 Å². The number of carbonyl (C=O) groups is 1. The van der Waals surface area contributed by atoms with Gasteiger partial charge in [0.05, 0.1) is 0 Å². The Labute approximate surface area is 132 Å². The average molecular weight is 294 g/mol. The molecule has 0 aromatic heterocycles.